The van der Waals surface area contributed by atoms with E-state index in [0.29, 0.717) is 16.3 Å². The number of amides is 2. The molecule has 1 saturated heterocycles. The first kappa shape index (κ1) is 23.4. The van der Waals surface area contributed by atoms with Crippen LogP contribution in [0.4, 0.5) is 4.79 Å². The van der Waals surface area contributed by atoms with Crippen molar-refractivity contribution in [1.82, 2.24) is 25.2 Å². The summed E-state index contributed by atoms with van der Waals surface area (Å²) in [6.45, 7) is 2.70. The van der Waals surface area contributed by atoms with Gasteiger partial charge >= 0.3 is 28.4 Å². The summed E-state index contributed by atoms with van der Waals surface area (Å²) >= 11 is 0. The normalized spacial score (nSPS) is 20.9. The molecular formula is C16H22N6O9S. The Kier molecular flexibility index (Phi) is 5.88. The standard InChI is InChI=1S/C16H22N6O9S/c1-16(2,14(24)25)5-10(23)30-19-13(17-3)12-11-8(6-18-20(11)4)9-7-21(12)15(26)22(9)31-32(27,28)29/h6,9,12H,5,7H2,1-4H3,(H,17,19)(H,24,25)(H,27,28,29)/t9-,12-/m0/s1. The SMILES string of the molecule is CN=C(NOC(=O)CC(C)(C)C(=O)O)[C@@H]1c2c(cnn2C)[C@@H]2CN1C(=O)N2OS(=O)(=O)O. The molecule has 1 fully saturated rings. The van der Waals surface area contributed by atoms with Crippen molar-refractivity contribution in [2.45, 2.75) is 32.4 Å². The predicted molar refractivity (Wildman–Crippen MR) is 104 cm³/mol. The Bertz CT molecular complexity index is 1100. The van der Waals surface area contributed by atoms with E-state index in [9.17, 15) is 22.8 Å². The molecule has 1 aromatic heterocycles. The Labute approximate surface area is 182 Å². The lowest BCUT2D eigenvalue weighted by Gasteiger charge is -2.31. The number of carbonyl (C=O) groups excluding carboxylic acids is 2. The summed E-state index contributed by atoms with van der Waals surface area (Å²) in [5, 5.41) is 13.8. The number of rotatable bonds is 6. The van der Waals surface area contributed by atoms with Crippen molar-refractivity contribution in [3.05, 3.63) is 17.5 Å². The summed E-state index contributed by atoms with van der Waals surface area (Å²) in [4.78, 5) is 46.4. The topological polar surface area (TPSA) is 193 Å². The number of nitrogens with one attached hydrogen (secondary N) is 1. The zero-order valence-electron chi connectivity index (χ0n) is 17.5. The average molecular weight is 474 g/mol. The van der Waals surface area contributed by atoms with Gasteiger partial charge in [-0.1, -0.05) is 0 Å². The monoisotopic (exact) mass is 474 g/mol. The summed E-state index contributed by atoms with van der Waals surface area (Å²) in [5.74, 6) is -2.06. The second-order valence-electron chi connectivity index (χ2n) is 7.84. The fourth-order valence-electron chi connectivity index (χ4n) is 3.51. The van der Waals surface area contributed by atoms with Gasteiger partial charge in [0.25, 0.3) is 0 Å². The van der Waals surface area contributed by atoms with Crippen LogP contribution in [-0.4, -0.2) is 75.2 Å². The Balaban J connectivity index is 1.87. The Morgan fingerprint density at radius 2 is 2.06 bits per heavy atom. The van der Waals surface area contributed by atoms with Crippen LogP contribution in [0.3, 0.4) is 0 Å². The van der Waals surface area contributed by atoms with E-state index in [1.807, 2.05) is 0 Å². The first-order chi connectivity index (χ1) is 14.8. The van der Waals surface area contributed by atoms with Gasteiger partial charge in [0.05, 0.1) is 30.3 Å². The lowest BCUT2D eigenvalue weighted by atomic mass is 9.90. The molecule has 0 unspecified atom stereocenters. The third-order valence-corrected chi connectivity index (χ3v) is 5.49. The number of carboxylic acids is 1. The van der Waals surface area contributed by atoms with Gasteiger partial charge in [-0.15, -0.1) is 4.28 Å². The molecule has 2 aliphatic rings. The Morgan fingerprint density at radius 1 is 1.41 bits per heavy atom. The molecule has 0 spiro atoms. The maximum Gasteiger partial charge on any atom is 0.418 e. The van der Waals surface area contributed by atoms with Crippen molar-refractivity contribution < 1.29 is 41.6 Å². The van der Waals surface area contributed by atoms with Crippen molar-refractivity contribution in [2.75, 3.05) is 13.6 Å². The van der Waals surface area contributed by atoms with E-state index in [-0.39, 0.29) is 12.4 Å². The van der Waals surface area contributed by atoms with Gasteiger partial charge in [0.1, 0.15) is 12.1 Å². The number of carbonyl (C=O) groups is 3. The van der Waals surface area contributed by atoms with Crippen molar-refractivity contribution in [3.63, 3.8) is 0 Å². The minimum atomic E-state index is -4.98. The highest BCUT2D eigenvalue weighted by Crippen LogP contribution is 2.44. The first-order valence-corrected chi connectivity index (χ1v) is 10.6. The van der Waals surface area contributed by atoms with Crippen LogP contribution >= 0.6 is 0 Å². The number of fused-ring (bicyclic) bond motifs is 4. The number of aromatic nitrogens is 2. The van der Waals surface area contributed by atoms with E-state index < -0.39 is 52.3 Å². The van der Waals surface area contributed by atoms with Crippen LogP contribution in [0.1, 0.15) is 43.6 Å². The number of hydroxylamine groups is 3. The second-order valence-corrected chi connectivity index (χ2v) is 8.85. The number of hydrogen-bond acceptors (Lipinski definition) is 9. The van der Waals surface area contributed by atoms with Gasteiger partial charge < -0.3 is 14.8 Å². The van der Waals surface area contributed by atoms with Gasteiger partial charge in [0.2, 0.25) is 0 Å². The molecule has 3 rings (SSSR count). The lowest BCUT2D eigenvalue weighted by Crippen LogP contribution is -2.45. The van der Waals surface area contributed by atoms with E-state index in [2.05, 4.69) is 19.9 Å². The molecule has 176 valence electrons. The van der Waals surface area contributed by atoms with Crippen LogP contribution in [0.25, 0.3) is 0 Å². The van der Waals surface area contributed by atoms with Crippen molar-refractivity contribution in [1.29, 1.82) is 0 Å². The number of urea groups is 1. The van der Waals surface area contributed by atoms with Crippen LogP contribution in [0.2, 0.25) is 0 Å². The van der Waals surface area contributed by atoms with Gasteiger partial charge in [-0.2, -0.15) is 18.6 Å². The zero-order valence-corrected chi connectivity index (χ0v) is 18.4. The van der Waals surface area contributed by atoms with Crippen molar-refractivity contribution in [3.8, 4) is 0 Å². The van der Waals surface area contributed by atoms with Gasteiger partial charge in [-0.25, -0.2) is 15.1 Å². The van der Waals surface area contributed by atoms with E-state index in [1.165, 1.54) is 36.7 Å². The van der Waals surface area contributed by atoms with Crippen molar-refractivity contribution in [2.24, 2.45) is 17.5 Å². The molecule has 0 aromatic carbocycles. The van der Waals surface area contributed by atoms with Gasteiger partial charge in [0.15, 0.2) is 5.84 Å². The third kappa shape index (κ3) is 4.23. The Hall–Kier alpha value is -3.24. The Morgan fingerprint density at radius 3 is 2.62 bits per heavy atom. The average Bonchev–Trinajstić information content (AvgIpc) is 3.17. The number of carboxylic acid groups (broad SMARTS) is 1. The fourth-order valence-corrected chi connectivity index (χ4v) is 3.88. The predicted octanol–water partition coefficient (Wildman–Crippen LogP) is -0.435. The van der Waals surface area contributed by atoms with E-state index in [4.69, 9.17) is 14.5 Å². The minimum Gasteiger partial charge on any atom is -0.481 e. The summed E-state index contributed by atoms with van der Waals surface area (Å²) in [5.41, 5.74) is 1.87. The molecule has 32 heavy (non-hydrogen) atoms. The molecule has 1 aromatic rings. The molecule has 2 atom stereocenters. The van der Waals surface area contributed by atoms with E-state index in [1.54, 1.807) is 7.05 Å². The highest BCUT2D eigenvalue weighted by molar-refractivity contribution is 7.80. The van der Waals surface area contributed by atoms with E-state index in [0.717, 1.165) is 0 Å². The first-order valence-electron chi connectivity index (χ1n) is 9.21. The molecule has 0 saturated carbocycles. The quantitative estimate of drug-likeness (QED) is 0.209. The zero-order chi connectivity index (χ0) is 24.0. The molecule has 3 heterocycles. The van der Waals surface area contributed by atoms with Crippen LogP contribution in [0.15, 0.2) is 11.2 Å². The number of aliphatic imine (C=N–C) groups is 1. The van der Waals surface area contributed by atoms with Crippen LogP contribution in [0, 0.1) is 5.41 Å². The van der Waals surface area contributed by atoms with Crippen LogP contribution in [-0.2, 0) is 36.2 Å². The second kappa shape index (κ2) is 8.03. The maximum atomic E-state index is 12.8. The molecule has 0 aliphatic carbocycles. The summed E-state index contributed by atoms with van der Waals surface area (Å²) in [6.07, 6.45) is 0.979. The molecule has 15 nitrogen and oxygen atoms in total. The molecule has 16 heteroatoms. The number of aryl methyl sites for hydroxylation is 1. The molecule has 2 bridgehead atoms. The number of hydrogen-bond donors (Lipinski definition) is 3. The van der Waals surface area contributed by atoms with Crippen LogP contribution < -0.4 is 5.48 Å². The number of amidine groups is 1. The number of nitrogens with zero attached hydrogens (tertiary/aromatic N) is 5. The maximum absolute atomic E-state index is 12.8. The highest BCUT2D eigenvalue weighted by Gasteiger charge is 2.53. The minimum absolute atomic E-state index is 0.00293. The summed E-state index contributed by atoms with van der Waals surface area (Å²) in [6, 6.07) is -2.72. The van der Waals surface area contributed by atoms with E-state index >= 15 is 0 Å². The van der Waals surface area contributed by atoms with Gasteiger partial charge in [-0.3, -0.25) is 19.0 Å². The summed E-state index contributed by atoms with van der Waals surface area (Å²) in [7, 11) is -2.02. The smallest absolute Gasteiger partial charge is 0.418 e. The molecule has 2 aliphatic heterocycles. The van der Waals surface area contributed by atoms with Gasteiger partial charge in [-0.05, 0) is 13.8 Å². The highest BCUT2D eigenvalue weighted by atomic mass is 32.3. The lowest BCUT2D eigenvalue weighted by molar-refractivity contribution is -0.158. The molecule has 3 N–H and O–H groups in total. The number of aliphatic carboxylic acids is 1. The largest absolute Gasteiger partial charge is 0.481 e. The van der Waals surface area contributed by atoms with Crippen LogP contribution in [0.5, 0.6) is 0 Å². The molecular weight excluding hydrogens is 452 g/mol. The molecule has 2 amide bonds. The van der Waals surface area contributed by atoms with Crippen molar-refractivity contribution >= 4 is 34.2 Å². The van der Waals surface area contributed by atoms with Gasteiger partial charge in [0, 0.05) is 19.7 Å². The molecule has 0 radical (unpaired) electrons. The fraction of sp³-hybridized carbons (Fsp3) is 0.562. The summed E-state index contributed by atoms with van der Waals surface area (Å²) < 4.78 is 37.4. The third-order valence-electron chi connectivity index (χ3n) is 5.14.